The molecule has 0 nitrogen and oxygen atoms in total. The van der Waals surface area contributed by atoms with Gasteiger partial charge in [0.25, 0.3) is 3.93 Å². The van der Waals surface area contributed by atoms with Crippen molar-refractivity contribution in [3.05, 3.63) is 0 Å². The fraction of sp³-hybridized carbons (Fsp3) is 1.00. The maximum Gasteiger partial charge on any atom is 0.284 e. The molecule has 0 radical (unpaired) electrons. The lowest BCUT2D eigenvalue weighted by Crippen LogP contribution is -2.22. The zero-order valence-electron chi connectivity index (χ0n) is 4.30. The lowest BCUT2D eigenvalue weighted by molar-refractivity contribution is 1.03. The van der Waals surface area contributed by atoms with E-state index in [1.165, 1.54) is 0 Å². The van der Waals surface area contributed by atoms with Crippen LogP contribution in [0.3, 0.4) is 0 Å². The Labute approximate surface area is 79.1 Å². The number of rotatable bonds is 2. The fourth-order valence-corrected chi connectivity index (χ4v) is 3.61. The van der Waals surface area contributed by atoms with Gasteiger partial charge in [-0.3, -0.25) is 0 Å². The lowest BCUT2D eigenvalue weighted by Gasteiger charge is -2.13. The van der Waals surface area contributed by atoms with Crippen LogP contribution in [0.1, 0.15) is 13.3 Å². The number of halogens is 4. The minimum Gasteiger partial charge on any atom is -0.124 e. The lowest BCUT2D eigenvalue weighted by atomic mass is 10.6. The van der Waals surface area contributed by atoms with Gasteiger partial charge in [-0.25, -0.2) is 0 Å². The Bertz CT molecular complexity index is 71.4. The van der Waals surface area contributed by atoms with Gasteiger partial charge in [0, 0.05) is 0 Å². The molecule has 0 bridgehead atoms. The van der Waals surface area contributed by atoms with E-state index < -0.39 is 3.93 Å². The van der Waals surface area contributed by atoms with Crippen LogP contribution in [-0.4, -0.2) is 8.93 Å². The van der Waals surface area contributed by atoms with Gasteiger partial charge in [-0.05, 0) is 6.42 Å². The molecule has 0 N–H and O–H groups in total. The third-order valence-corrected chi connectivity index (χ3v) is 10.5. The van der Waals surface area contributed by atoms with Gasteiger partial charge in [0.15, 0.2) is 0 Å². The molecule has 50 valence electrons. The monoisotopic (exact) mass is 342 g/mol. The molecule has 0 saturated heterocycles. The smallest absolute Gasteiger partial charge is 0.124 e. The van der Waals surface area contributed by atoms with Gasteiger partial charge < -0.3 is 0 Å². The molecular weight excluding hydrogens is 339 g/mol. The van der Waals surface area contributed by atoms with Crippen LogP contribution >= 0.6 is 57.5 Å². The second-order valence-corrected chi connectivity index (χ2v) is 24.9. The minimum absolute atomic E-state index is 0.211. The van der Waals surface area contributed by atoms with Crippen LogP contribution in [-0.2, 0) is 0 Å². The summed E-state index contributed by atoms with van der Waals surface area (Å²) in [6, 6.07) is 0. The van der Waals surface area contributed by atoms with Gasteiger partial charge in [0.05, 0.1) is 5.00 Å². The molecule has 0 rings (SSSR count). The Balaban J connectivity index is 3.62. The van der Waals surface area contributed by atoms with E-state index in [0.29, 0.717) is 0 Å². The Morgan fingerprint density at radius 2 is 1.88 bits per heavy atom. The van der Waals surface area contributed by atoms with Crippen LogP contribution < -0.4 is 0 Å². The molecule has 0 aromatic rings. The Kier molecular flexibility index (Phi) is 4.92. The number of alkyl halides is 1. The van der Waals surface area contributed by atoms with E-state index >= 15 is 0 Å². The topological polar surface area (TPSA) is 0 Å². The van der Waals surface area contributed by atoms with Gasteiger partial charge in [0.1, 0.15) is 0 Å². The average molecular weight is 345 g/mol. The van der Waals surface area contributed by atoms with Crippen LogP contribution in [0.15, 0.2) is 0 Å². The SMILES string of the molecule is CCC(Cl)[Si](Br)(Br)Br. The van der Waals surface area contributed by atoms with Crippen LogP contribution in [0, 0.1) is 0 Å². The van der Waals surface area contributed by atoms with E-state index in [1.54, 1.807) is 0 Å². The van der Waals surface area contributed by atoms with Gasteiger partial charge in [-0.15, -0.1) is 11.6 Å². The van der Waals surface area contributed by atoms with E-state index in [1.807, 2.05) is 0 Å². The van der Waals surface area contributed by atoms with Crippen molar-refractivity contribution in [1.29, 1.82) is 0 Å². The van der Waals surface area contributed by atoms with Gasteiger partial charge >= 0.3 is 0 Å². The van der Waals surface area contributed by atoms with Gasteiger partial charge in [-0.1, -0.05) is 52.8 Å². The molecule has 1 unspecified atom stereocenters. The van der Waals surface area contributed by atoms with Crippen molar-refractivity contribution in [3.8, 4) is 0 Å². The van der Waals surface area contributed by atoms with Crippen LogP contribution in [0.5, 0.6) is 0 Å². The summed E-state index contributed by atoms with van der Waals surface area (Å²) in [6.45, 7) is 2.06. The first-order chi connectivity index (χ1) is 3.48. The van der Waals surface area contributed by atoms with Crippen LogP contribution in [0.2, 0.25) is 0 Å². The summed E-state index contributed by atoms with van der Waals surface area (Å²) < 4.78 is -1.56. The first-order valence-corrected chi connectivity index (χ1v) is 11.5. The van der Waals surface area contributed by atoms with Crippen molar-refractivity contribution in [3.63, 3.8) is 0 Å². The molecule has 5 heteroatoms. The molecule has 0 fully saturated rings. The molecule has 0 spiro atoms. The molecule has 0 heterocycles. The van der Waals surface area contributed by atoms with Gasteiger partial charge in [0.2, 0.25) is 0 Å². The Morgan fingerprint density at radius 3 is 1.88 bits per heavy atom. The second kappa shape index (κ2) is 3.96. The number of hydrogen-bond donors (Lipinski definition) is 0. The molecule has 8 heavy (non-hydrogen) atoms. The van der Waals surface area contributed by atoms with E-state index in [0.717, 1.165) is 6.42 Å². The standard InChI is InChI=1S/C3H6Br3ClSi/c1-2-3(7)8(4,5)6/h3H,2H2,1H3. The molecule has 0 aromatic carbocycles. The summed E-state index contributed by atoms with van der Waals surface area (Å²) in [5.74, 6) is 0. The van der Waals surface area contributed by atoms with Crippen LogP contribution in [0.25, 0.3) is 0 Å². The largest absolute Gasteiger partial charge is 0.284 e. The van der Waals surface area contributed by atoms with E-state index in [-0.39, 0.29) is 5.00 Å². The van der Waals surface area contributed by atoms with Gasteiger partial charge in [-0.2, -0.15) is 0 Å². The number of hydrogen-bond acceptors (Lipinski definition) is 0. The zero-order chi connectivity index (χ0) is 6.78. The summed E-state index contributed by atoms with van der Waals surface area (Å²) in [5, 5.41) is 0.211. The predicted molar refractivity (Wildman–Crippen MR) is 52.5 cm³/mol. The predicted octanol–water partition coefficient (Wildman–Crippen LogP) is 3.67. The quantitative estimate of drug-likeness (QED) is 0.407. The summed E-state index contributed by atoms with van der Waals surface area (Å²) in [7, 11) is 0. The highest BCUT2D eigenvalue weighted by Gasteiger charge is 2.30. The van der Waals surface area contributed by atoms with E-state index in [2.05, 4.69) is 52.8 Å². The molecule has 0 aliphatic rings. The summed E-state index contributed by atoms with van der Waals surface area (Å²) >= 11 is 16.2. The normalized spacial score (nSPS) is 16.1. The molecule has 0 aromatic heterocycles. The second-order valence-electron chi connectivity index (χ2n) is 1.42. The maximum atomic E-state index is 5.86. The molecule has 1 atom stereocenters. The third-order valence-electron chi connectivity index (χ3n) is 0.714. The average Bonchev–Trinajstić information content (AvgIpc) is 1.62. The van der Waals surface area contributed by atoms with Crippen molar-refractivity contribution in [2.24, 2.45) is 0 Å². The van der Waals surface area contributed by atoms with E-state index in [4.69, 9.17) is 11.6 Å². The molecule has 0 amide bonds. The maximum absolute atomic E-state index is 5.86. The molecule has 0 aliphatic carbocycles. The summed E-state index contributed by atoms with van der Waals surface area (Å²) in [6.07, 6.45) is 0.982. The van der Waals surface area contributed by atoms with Crippen molar-refractivity contribution in [2.45, 2.75) is 18.3 Å². The van der Waals surface area contributed by atoms with Crippen molar-refractivity contribution >= 4 is 61.4 Å². The zero-order valence-corrected chi connectivity index (χ0v) is 10.8. The molecule has 0 aliphatic heterocycles. The Hall–Kier alpha value is 1.95. The highest BCUT2D eigenvalue weighted by molar-refractivity contribution is 9.72. The molecular formula is C3H6Br3ClSi. The first-order valence-electron chi connectivity index (χ1n) is 2.19. The highest BCUT2D eigenvalue weighted by Crippen LogP contribution is 2.35. The Morgan fingerprint density at radius 1 is 1.50 bits per heavy atom. The molecule has 0 saturated carbocycles. The summed E-state index contributed by atoms with van der Waals surface area (Å²) in [4.78, 5) is 0. The van der Waals surface area contributed by atoms with Crippen molar-refractivity contribution in [2.75, 3.05) is 0 Å². The third kappa shape index (κ3) is 3.88. The van der Waals surface area contributed by atoms with Crippen molar-refractivity contribution in [1.82, 2.24) is 0 Å². The summed E-state index contributed by atoms with van der Waals surface area (Å²) in [5.41, 5.74) is 0. The van der Waals surface area contributed by atoms with Crippen molar-refractivity contribution < 1.29 is 0 Å². The minimum atomic E-state index is -1.56. The first kappa shape index (κ1) is 9.95. The van der Waals surface area contributed by atoms with E-state index in [9.17, 15) is 0 Å². The van der Waals surface area contributed by atoms with Crippen LogP contribution in [0.4, 0.5) is 0 Å². The highest BCUT2D eigenvalue weighted by atomic mass is 80.0. The fourth-order valence-electron chi connectivity index (χ4n) is 0.231.